The lowest BCUT2D eigenvalue weighted by Crippen LogP contribution is -2.27. The molecule has 0 aliphatic carbocycles. The van der Waals surface area contributed by atoms with Crippen molar-refractivity contribution in [2.45, 2.75) is 19.1 Å². The lowest BCUT2D eigenvalue weighted by Gasteiger charge is -2.16. The molecule has 2 aromatic carbocycles. The third-order valence-corrected chi connectivity index (χ3v) is 6.08. The van der Waals surface area contributed by atoms with Gasteiger partial charge in [0.15, 0.2) is 5.43 Å². The number of nitrogens with one attached hydrogen (secondary N) is 2. The van der Waals surface area contributed by atoms with Gasteiger partial charge < -0.3 is 10.3 Å². The summed E-state index contributed by atoms with van der Waals surface area (Å²) in [5.41, 5.74) is -0.495. The zero-order valence-corrected chi connectivity index (χ0v) is 19.3. The van der Waals surface area contributed by atoms with Crippen molar-refractivity contribution in [3.8, 4) is 5.69 Å². The molecule has 3 aromatic heterocycles. The van der Waals surface area contributed by atoms with Crippen molar-refractivity contribution in [1.29, 1.82) is 0 Å². The van der Waals surface area contributed by atoms with Gasteiger partial charge in [0, 0.05) is 35.1 Å². The quantitative estimate of drug-likeness (QED) is 0.346. The Labute approximate surface area is 207 Å². The minimum absolute atomic E-state index is 0.147. The second kappa shape index (κ2) is 9.05. The molecule has 0 saturated heterocycles. The molecule has 10 heteroatoms. The summed E-state index contributed by atoms with van der Waals surface area (Å²) < 4.78 is 40.4. The molecule has 0 fully saturated rings. The van der Waals surface area contributed by atoms with Gasteiger partial charge in [0.25, 0.3) is 11.5 Å². The van der Waals surface area contributed by atoms with E-state index in [0.717, 1.165) is 12.1 Å². The molecule has 186 valence electrons. The fourth-order valence-corrected chi connectivity index (χ4v) is 4.24. The van der Waals surface area contributed by atoms with Crippen molar-refractivity contribution in [2.24, 2.45) is 0 Å². The van der Waals surface area contributed by atoms with E-state index in [0.29, 0.717) is 16.6 Å². The minimum atomic E-state index is -4.54. The zero-order valence-electron chi connectivity index (χ0n) is 19.3. The summed E-state index contributed by atoms with van der Waals surface area (Å²) in [5, 5.41) is 3.07. The maximum absolute atomic E-state index is 13.4. The van der Waals surface area contributed by atoms with Gasteiger partial charge in [-0.15, -0.1) is 0 Å². The first kappa shape index (κ1) is 24.0. The number of alkyl halides is 3. The van der Waals surface area contributed by atoms with Crippen LogP contribution in [-0.2, 0) is 6.18 Å². The number of hydrogen-bond acceptors (Lipinski definition) is 4. The largest absolute Gasteiger partial charge is 0.416 e. The van der Waals surface area contributed by atoms with Crippen LogP contribution in [-0.4, -0.2) is 20.4 Å². The predicted molar refractivity (Wildman–Crippen MR) is 133 cm³/mol. The number of benzene rings is 2. The van der Waals surface area contributed by atoms with Crippen LogP contribution in [0.4, 0.5) is 13.2 Å². The van der Waals surface area contributed by atoms with Crippen LogP contribution in [0.5, 0.6) is 0 Å². The van der Waals surface area contributed by atoms with Crippen LogP contribution >= 0.6 is 0 Å². The molecule has 5 aromatic rings. The van der Waals surface area contributed by atoms with Crippen molar-refractivity contribution in [2.75, 3.05) is 0 Å². The van der Waals surface area contributed by atoms with Crippen LogP contribution < -0.4 is 16.3 Å². The molecule has 37 heavy (non-hydrogen) atoms. The van der Waals surface area contributed by atoms with Crippen LogP contribution in [0.1, 0.15) is 34.6 Å². The number of rotatable bonds is 4. The van der Waals surface area contributed by atoms with E-state index in [4.69, 9.17) is 0 Å². The summed E-state index contributed by atoms with van der Waals surface area (Å²) in [5.74, 6) is -0.404. The normalized spacial score (nSPS) is 12.5. The van der Waals surface area contributed by atoms with Crippen LogP contribution in [0, 0.1) is 0 Å². The summed E-state index contributed by atoms with van der Waals surface area (Å²) in [6.45, 7) is 1.79. The molecule has 5 rings (SSSR count). The molecule has 0 radical (unpaired) electrons. The van der Waals surface area contributed by atoms with Crippen molar-refractivity contribution in [1.82, 2.24) is 19.9 Å². The van der Waals surface area contributed by atoms with Gasteiger partial charge >= 0.3 is 6.18 Å². The van der Waals surface area contributed by atoms with Gasteiger partial charge in [-0.3, -0.25) is 23.9 Å². The van der Waals surface area contributed by atoms with Crippen LogP contribution in [0.25, 0.3) is 27.5 Å². The van der Waals surface area contributed by atoms with E-state index in [2.05, 4.69) is 15.3 Å². The molecule has 1 atom stereocenters. The van der Waals surface area contributed by atoms with Gasteiger partial charge in [-0.2, -0.15) is 13.2 Å². The summed E-state index contributed by atoms with van der Waals surface area (Å²) in [4.78, 5) is 46.3. The van der Waals surface area contributed by atoms with Gasteiger partial charge in [0.1, 0.15) is 5.39 Å². The van der Waals surface area contributed by atoms with E-state index >= 15 is 0 Å². The lowest BCUT2D eigenvalue weighted by atomic mass is 10.1. The molecular weight excluding hydrogens is 485 g/mol. The van der Waals surface area contributed by atoms with E-state index in [-0.39, 0.29) is 28.2 Å². The number of pyridine rings is 3. The summed E-state index contributed by atoms with van der Waals surface area (Å²) >= 11 is 0. The molecule has 0 unspecified atom stereocenters. The first-order valence-corrected chi connectivity index (χ1v) is 11.2. The monoisotopic (exact) mass is 504 g/mol. The highest BCUT2D eigenvalue weighted by molar-refractivity contribution is 6.07. The van der Waals surface area contributed by atoms with Gasteiger partial charge in [-0.1, -0.05) is 6.07 Å². The first-order valence-electron chi connectivity index (χ1n) is 11.2. The van der Waals surface area contributed by atoms with Crippen molar-refractivity contribution < 1.29 is 18.0 Å². The van der Waals surface area contributed by atoms with E-state index in [1.54, 1.807) is 25.3 Å². The Kier molecular flexibility index (Phi) is 5.87. The molecule has 0 spiro atoms. The highest BCUT2D eigenvalue weighted by Gasteiger charge is 2.30. The zero-order chi connectivity index (χ0) is 26.3. The molecule has 7 nitrogen and oxygen atoms in total. The molecule has 0 bridgehead atoms. The first-order chi connectivity index (χ1) is 17.6. The maximum Gasteiger partial charge on any atom is 0.416 e. The van der Waals surface area contributed by atoms with Crippen LogP contribution in [0.15, 0.2) is 88.7 Å². The van der Waals surface area contributed by atoms with Gasteiger partial charge in [-0.05, 0) is 61.5 Å². The molecule has 1 amide bonds. The summed E-state index contributed by atoms with van der Waals surface area (Å²) in [7, 11) is 0. The Bertz CT molecular complexity index is 1760. The number of halogens is 3. The number of nitrogens with zero attached hydrogens (tertiary/aromatic N) is 2. The molecule has 0 saturated carbocycles. The number of aromatic amines is 1. The van der Waals surface area contributed by atoms with E-state index < -0.39 is 28.6 Å². The Hall–Kier alpha value is -4.73. The average molecular weight is 504 g/mol. The van der Waals surface area contributed by atoms with Crippen molar-refractivity contribution in [3.05, 3.63) is 117 Å². The lowest BCUT2D eigenvalue weighted by molar-refractivity contribution is -0.137. The summed E-state index contributed by atoms with van der Waals surface area (Å²) in [6.07, 6.45) is -1.53. The highest BCUT2D eigenvalue weighted by atomic mass is 19.4. The number of aromatic nitrogens is 3. The molecular formula is C27H19F3N4O3. The molecule has 2 N–H and O–H groups in total. The molecule has 0 aliphatic heterocycles. The Balaban J connectivity index is 1.67. The van der Waals surface area contributed by atoms with E-state index in [9.17, 15) is 27.6 Å². The number of amides is 1. The van der Waals surface area contributed by atoms with Gasteiger partial charge in [-0.25, -0.2) is 0 Å². The standard InChI is InChI=1S/C27H19F3N4O3/c1-15(20-4-2-3-12-31-20)33-25(36)16-5-10-21-19(14-16)24-23(22(35)11-13-32-24)26(37)34(21)18-8-6-17(7-9-18)27(28,29)30/h2-15H,1H3,(H,32,35)(H,33,36)/t15-/m0/s1. The maximum atomic E-state index is 13.4. The number of hydrogen-bond donors (Lipinski definition) is 2. The van der Waals surface area contributed by atoms with E-state index in [1.807, 2.05) is 6.07 Å². The average Bonchev–Trinajstić information content (AvgIpc) is 2.89. The number of carbonyl (C=O) groups excluding carboxylic acids is 1. The van der Waals surface area contributed by atoms with Crippen molar-refractivity contribution in [3.63, 3.8) is 0 Å². The smallest absolute Gasteiger partial charge is 0.360 e. The van der Waals surface area contributed by atoms with Crippen LogP contribution in [0.2, 0.25) is 0 Å². The minimum Gasteiger partial charge on any atom is -0.360 e. The fraction of sp³-hybridized carbons (Fsp3) is 0.111. The SMILES string of the molecule is C[C@H](NC(=O)c1ccc2c(c1)c1[nH]ccc(=O)c1c(=O)n2-c1ccc(C(F)(F)F)cc1)c1ccccn1. The van der Waals surface area contributed by atoms with Crippen LogP contribution in [0.3, 0.4) is 0 Å². The second-order valence-corrected chi connectivity index (χ2v) is 8.46. The fourth-order valence-electron chi connectivity index (χ4n) is 4.24. The Morgan fingerprint density at radius 1 is 1.03 bits per heavy atom. The molecule has 3 heterocycles. The Morgan fingerprint density at radius 3 is 2.46 bits per heavy atom. The highest BCUT2D eigenvalue weighted by Crippen LogP contribution is 2.30. The topological polar surface area (TPSA) is 96.9 Å². The predicted octanol–water partition coefficient (Wildman–Crippen LogP) is 4.74. The van der Waals surface area contributed by atoms with Gasteiger partial charge in [0.2, 0.25) is 0 Å². The van der Waals surface area contributed by atoms with E-state index in [1.165, 1.54) is 47.2 Å². The third-order valence-electron chi connectivity index (χ3n) is 6.08. The number of carbonyl (C=O) groups is 1. The Morgan fingerprint density at radius 2 is 1.78 bits per heavy atom. The number of fused-ring (bicyclic) bond motifs is 3. The second-order valence-electron chi connectivity index (χ2n) is 8.46. The number of H-pyrrole nitrogens is 1. The van der Waals surface area contributed by atoms with Gasteiger partial charge in [0.05, 0.1) is 28.3 Å². The van der Waals surface area contributed by atoms with Crippen molar-refractivity contribution >= 4 is 27.7 Å². The summed E-state index contributed by atoms with van der Waals surface area (Å²) in [6, 6.07) is 14.8. The molecule has 0 aliphatic rings. The third kappa shape index (κ3) is 4.37.